The van der Waals surface area contributed by atoms with Crippen LogP contribution in [-0.2, 0) is 4.79 Å². The summed E-state index contributed by atoms with van der Waals surface area (Å²) in [5.74, 6) is 0.323. The number of benzene rings is 2. The van der Waals surface area contributed by atoms with Gasteiger partial charge in [-0.15, -0.1) is 0 Å². The van der Waals surface area contributed by atoms with Gasteiger partial charge >= 0.3 is 0 Å². The second kappa shape index (κ2) is 6.10. The van der Waals surface area contributed by atoms with Gasteiger partial charge in [-0.2, -0.15) is 0 Å². The number of ether oxygens (including phenoxy) is 1. The third-order valence-corrected chi connectivity index (χ3v) is 3.69. The fourth-order valence-electron chi connectivity index (χ4n) is 2.32. The highest BCUT2D eigenvalue weighted by atomic mass is 32.1. The number of phenolic OH excluding ortho intramolecular Hbond substituents is 1. The summed E-state index contributed by atoms with van der Waals surface area (Å²) < 4.78 is 5.22. The number of hydrogen-bond acceptors (Lipinski definition) is 4. The molecular formula is C17H14N2O3S. The number of nitrogens with zero attached hydrogens (tertiary/aromatic N) is 1. The van der Waals surface area contributed by atoms with Crippen LogP contribution >= 0.6 is 12.2 Å². The number of carbonyl (C=O) groups is 1. The normalized spacial score (nSPS) is 15.9. The molecule has 0 unspecified atom stereocenters. The minimum Gasteiger partial charge on any atom is -0.508 e. The zero-order valence-electron chi connectivity index (χ0n) is 12.3. The first kappa shape index (κ1) is 15.1. The van der Waals surface area contributed by atoms with Crippen LogP contribution in [0.25, 0.3) is 6.08 Å². The van der Waals surface area contributed by atoms with Crippen molar-refractivity contribution in [2.75, 3.05) is 12.0 Å². The van der Waals surface area contributed by atoms with Crippen molar-refractivity contribution < 1.29 is 14.6 Å². The Morgan fingerprint density at radius 1 is 1.22 bits per heavy atom. The Kier molecular flexibility index (Phi) is 3.99. The molecule has 1 heterocycles. The van der Waals surface area contributed by atoms with Crippen LogP contribution in [0.5, 0.6) is 11.5 Å². The molecule has 1 aliphatic heterocycles. The molecule has 3 rings (SSSR count). The highest BCUT2D eigenvalue weighted by molar-refractivity contribution is 7.80. The maximum atomic E-state index is 12.6. The third kappa shape index (κ3) is 2.89. The lowest BCUT2D eigenvalue weighted by Crippen LogP contribution is -2.30. The zero-order chi connectivity index (χ0) is 16.4. The molecule has 116 valence electrons. The van der Waals surface area contributed by atoms with E-state index in [0.717, 1.165) is 0 Å². The van der Waals surface area contributed by atoms with Gasteiger partial charge in [0, 0.05) is 11.6 Å². The van der Waals surface area contributed by atoms with Gasteiger partial charge in [0.15, 0.2) is 5.11 Å². The molecule has 5 nitrogen and oxygen atoms in total. The predicted molar refractivity (Wildman–Crippen MR) is 92.3 cm³/mol. The van der Waals surface area contributed by atoms with Crippen molar-refractivity contribution in [1.82, 2.24) is 5.32 Å². The molecule has 1 aliphatic rings. The molecule has 0 aromatic heterocycles. The van der Waals surface area contributed by atoms with Crippen LogP contribution in [-0.4, -0.2) is 23.2 Å². The van der Waals surface area contributed by atoms with E-state index in [2.05, 4.69) is 5.32 Å². The van der Waals surface area contributed by atoms with Gasteiger partial charge in [-0.25, -0.2) is 0 Å². The van der Waals surface area contributed by atoms with Gasteiger partial charge in [-0.05, 0) is 42.6 Å². The smallest absolute Gasteiger partial charge is 0.281 e. The van der Waals surface area contributed by atoms with Crippen LogP contribution < -0.4 is 15.0 Å². The van der Waals surface area contributed by atoms with Gasteiger partial charge < -0.3 is 15.2 Å². The Labute approximate surface area is 138 Å². The fraction of sp³-hybridized carbons (Fsp3) is 0.0588. The average Bonchev–Trinajstić information content (AvgIpc) is 2.84. The van der Waals surface area contributed by atoms with Crippen LogP contribution in [0.15, 0.2) is 54.2 Å². The quantitative estimate of drug-likeness (QED) is 0.671. The Bertz CT molecular complexity index is 803. The van der Waals surface area contributed by atoms with Crippen molar-refractivity contribution in [3.05, 3.63) is 59.8 Å². The molecule has 0 radical (unpaired) electrons. The summed E-state index contributed by atoms with van der Waals surface area (Å²) in [4.78, 5) is 14.0. The topological polar surface area (TPSA) is 61.8 Å². The fourth-order valence-corrected chi connectivity index (χ4v) is 2.62. The SMILES string of the molecule is COc1cc(O)ccc1C=C1NC(=S)N(c2ccccc2)C1=O. The monoisotopic (exact) mass is 326 g/mol. The van der Waals surface area contributed by atoms with E-state index in [9.17, 15) is 9.90 Å². The summed E-state index contributed by atoms with van der Waals surface area (Å²) in [6.07, 6.45) is 1.65. The van der Waals surface area contributed by atoms with Crippen LogP contribution in [0.4, 0.5) is 5.69 Å². The molecule has 1 fully saturated rings. The molecule has 2 N–H and O–H groups in total. The van der Waals surface area contributed by atoms with Crippen molar-refractivity contribution in [3.63, 3.8) is 0 Å². The van der Waals surface area contributed by atoms with Gasteiger partial charge in [-0.3, -0.25) is 9.69 Å². The third-order valence-electron chi connectivity index (χ3n) is 3.41. The molecule has 0 bridgehead atoms. The Morgan fingerprint density at radius 2 is 1.96 bits per heavy atom. The van der Waals surface area contributed by atoms with Crippen LogP contribution in [0.3, 0.4) is 0 Å². The summed E-state index contributed by atoms with van der Waals surface area (Å²) in [5.41, 5.74) is 1.72. The molecule has 2 aromatic rings. The largest absolute Gasteiger partial charge is 0.508 e. The number of amides is 1. The van der Waals surface area contributed by atoms with Gasteiger partial charge in [-0.1, -0.05) is 18.2 Å². The summed E-state index contributed by atoms with van der Waals surface area (Å²) in [7, 11) is 1.50. The highest BCUT2D eigenvalue weighted by Crippen LogP contribution is 2.28. The van der Waals surface area contributed by atoms with Crippen LogP contribution in [0.2, 0.25) is 0 Å². The number of phenols is 1. The van der Waals surface area contributed by atoms with Gasteiger partial charge in [0.05, 0.1) is 12.8 Å². The molecule has 2 aromatic carbocycles. The molecule has 0 spiro atoms. The molecular weight excluding hydrogens is 312 g/mol. The first-order chi connectivity index (χ1) is 11.1. The van der Waals surface area contributed by atoms with Gasteiger partial charge in [0.2, 0.25) is 0 Å². The predicted octanol–water partition coefficient (Wildman–Crippen LogP) is 2.66. The summed E-state index contributed by atoms with van der Waals surface area (Å²) >= 11 is 5.26. The maximum Gasteiger partial charge on any atom is 0.281 e. The first-order valence-corrected chi connectivity index (χ1v) is 7.30. The summed E-state index contributed by atoms with van der Waals surface area (Å²) in [6.45, 7) is 0. The van der Waals surface area contributed by atoms with E-state index in [4.69, 9.17) is 17.0 Å². The van der Waals surface area contributed by atoms with Crippen LogP contribution in [0.1, 0.15) is 5.56 Å². The molecule has 0 aliphatic carbocycles. The van der Waals surface area contributed by atoms with E-state index in [1.807, 2.05) is 30.3 Å². The molecule has 6 heteroatoms. The average molecular weight is 326 g/mol. The number of carbonyl (C=O) groups excluding carboxylic acids is 1. The zero-order valence-corrected chi connectivity index (χ0v) is 13.1. The highest BCUT2D eigenvalue weighted by Gasteiger charge is 2.31. The van der Waals surface area contributed by atoms with Gasteiger partial charge in [0.1, 0.15) is 17.2 Å². The lowest BCUT2D eigenvalue weighted by Gasteiger charge is -2.13. The molecule has 1 amide bonds. The second-order valence-corrected chi connectivity index (χ2v) is 5.28. The molecule has 0 atom stereocenters. The summed E-state index contributed by atoms with van der Waals surface area (Å²) in [5, 5.41) is 12.7. The minimum atomic E-state index is -0.240. The number of rotatable bonds is 3. The first-order valence-electron chi connectivity index (χ1n) is 6.89. The van der Waals surface area contributed by atoms with E-state index in [1.165, 1.54) is 24.1 Å². The van der Waals surface area contributed by atoms with Crippen molar-refractivity contribution in [2.24, 2.45) is 0 Å². The van der Waals surface area contributed by atoms with E-state index >= 15 is 0 Å². The number of thiocarbonyl (C=S) groups is 1. The number of nitrogens with one attached hydrogen (secondary N) is 1. The second-order valence-electron chi connectivity index (χ2n) is 4.89. The standard InChI is InChI=1S/C17H14N2O3S/c1-22-15-10-13(20)8-7-11(15)9-14-16(21)19(17(23)18-14)12-5-3-2-4-6-12/h2-10,20H,1H3,(H,18,23). The number of aromatic hydroxyl groups is 1. The van der Waals surface area contributed by atoms with Crippen molar-refractivity contribution >= 4 is 35.0 Å². The number of para-hydroxylation sites is 1. The lowest BCUT2D eigenvalue weighted by molar-refractivity contribution is -0.113. The van der Waals surface area contributed by atoms with Gasteiger partial charge in [0.25, 0.3) is 5.91 Å². The van der Waals surface area contributed by atoms with Crippen LogP contribution in [0, 0.1) is 0 Å². The van der Waals surface area contributed by atoms with E-state index < -0.39 is 0 Å². The molecule has 23 heavy (non-hydrogen) atoms. The number of anilines is 1. The lowest BCUT2D eigenvalue weighted by atomic mass is 10.1. The minimum absolute atomic E-state index is 0.0936. The number of methoxy groups -OCH3 is 1. The van der Waals surface area contributed by atoms with E-state index in [-0.39, 0.29) is 11.7 Å². The number of hydrogen-bond donors (Lipinski definition) is 2. The molecule has 0 saturated carbocycles. The van der Waals surface area contributed by atoms with Crippen molar-refractivity contribution in [2.45, 2.75) is 0 Å². The van der Waals surface area contributed by atoms with Crippen molar-refractivity contribution in [1.29, 1.82) is 0 Å². The molecule has 1 saturated heterocycles. The Morgan fingerprint density at radius 3 is 2.65 bits per heavy atom. The maximum absolute atomic E-state index is 12.6. The Balaban J connectivity index is 1.96. The Hall–Kier alpha value is -2.86. The van der Waals surface area contributed by atoms with E-state index in [0.29, 0.717) is 27.8 Å². The summed E-state index contributed by atoms with van der Waals surface area (Å²) in [6, 6.07) is 13.9. The van der Waals surface area contributed by atoms with E-state index in [1.54, 1.807) is 12.1 Å². The van der Waals surface area contributed by atoms with Crippen molar-refractivity contribution in [3.8, 4) is 11.5 Å².